The molecule has 108 valence electrons. The zero-order chi connectivity index (χ0) is 15.0. The average molecular weight is 301 g/mol. The van der Waals surface area contributed by atoms with Crippen molar-refractivity contribution in [2.75, 3.05) is 17.2 Å². The molecule has 0 saturated carbocycles. The van der Waals surface area contributed by atoms with Crippen molar-refractivity contribution in [1.29, 1.82) is 0 Å². The molecule has 1 aliphatic heterocycles. The third kappa shape index (κ3) is 2.61. The van der Waals surface area contributed by atoms with Gasteiger partial charge in [0.05, 0.1) is 10.6 Å². The number of hydrogen-bond donors (Lipinski definition) is 1. The lowest BCUT2D eigenvalue weighted by Crippen LogP contribution is -2.35. The Balaban J connectivity index is 2.00. The number of fused-ring (bicyclic) bond motifs is 1. The van der Waals surface area contributed by atoms with E-state index in [2.05, 4.69) is 13.0 Å². The lowest BCUT2D eigenvalue weighted by Gasteiger charge is -2.30. The topological polar surface area (TPSA) is 46.3 Å². The molecular weight excluding hydrogens is 284 g/mol. The van der Waals surface area contributed by atoms with E-state index < -0.39 is 0 Å². The number of rotatable bonds is 1. The molecule has 21 heavy (non-hydrogen) atoms. The number of benzene rings is 2. The van der Waals surface area contributed by atoms with Gasteiger partial charge in [0.1, 0.15) is 0 Å². The van der Waals surface area contributed by atoms with Crippen LogP contribution in [0.15, 0.2) is 36.4 Å². The molecule has 0 radical (unpaired) electrons. The normalized spacial score (nSPS) is 13.9. The molecule has 0 unspecified atom stereocenters. The lowest BCUT2D eigenvalue weighted by atomic mass is 9.99. The highest BCUT2D eigenvalue weighted by atomic mass is 35.5. The van der Waals surface area contributed by atoms with Gasteiger partial charge in [0.25, 0.3) is 5.91 Å². The highest BCUT2D eigenvalue weighted by Crippen LogP contribution is 2.31. The van der Waals surface area contributed by atoms with Crippen molar-refractivity contribution in [3.8, 4) is 0 Å². The fourth-order valence-electron chi connectivity index (χ4n) is 2.79. The number of carbonyl (C=O) groups is 1. The summed E-state index contributed by atoms with van der Waals surface area (Å²) in [7, 11) is 0. The van der Waals surface area contributed by atoms with Gasteiger partial charge in [0.2, 0.25) is 0 Å². The highest BCUT2D eigenvalue weighted by molar-refractivity contribution is 6.34. The summed E-state index contributed by atoms with van der Waals surface area (Å²) in [5.74, 6) is -0.0650. The molecule has 2 aromatic carbocycles. The summed E-state index contributed by atoms with van der Waals surface area (Å²) >= 11 is 6.17. The Morgan fingerprint density at radius 1 is 1.24 bits per heavy atom. The molecule has 0 saturated heterocycles. The van der Waals surface area contributed by atoms with Crippen LogP contribution in [0.2, 0.25) is 5.02 Å². The van der Waals surface area contributed by atoms with Gasteiger partial charge in [0.15, 0.2) is 0 Å². The van der Waals surface area contributed by atoms with Gasteiger partial charge < -0.3 is 10.6 Å². The molecule has 0 bridgehead atoms. The number of nitrogens with zero attached hydrogens (tertiary/aromatic N) is 1. The molecule has 1 amide bonds. The molecule has 1 heterocycles. The van der Waals surface area contributed by atoms with Gasteiger partial charge in [-0.1, -0.05) is 29.3 Å². The molecule has 0 fully saturated rings. The predicted octanol–water partition coefficient (Wildman–Crippen LogP) is 3.82. The first kappa shape index (κ1) is 14.0. The Morgan fingerprint density at radius 3 is 2.81 bits per heavy atom. The first-order chi connectivity index (χ1) is 10.1. The summed E-state index contributed by atoms with van der Waals surface area (Å²) in [5.41, 5.74) is 10.2. The Kier molecular flexibility index (Phi) is 3.60. The minimum atomic E-state index is -0.0650. The Labute approximate surface area is 129 Å². The van der Waals surface area contributed by atoms with Gasteiger partial charge in [-0.3, -0.25) is 4.79 Å². The van der Waals surface area contributed by atoms with Gasteiger partial charge in [-0.15, -0.1) is 0 Å². The van der Waals surface area contributed by atoms with Crippen LogP contribution in [0.25, 0.3) is 0 Å². The maximum absolute atomic E-state index is 12.8. The van der Waals surface area contributed by atoms with Gasteiger partial charge in [-0.25, -0.2) is 0 Å². The second-order valence-electron chi connectivity index (χ2n) is 5.43. The summed E-state index contributed by atoms with van der Waals surface area (Å²) in [6.45, 7) is 2.79. The quantitative estimate of drug-likeness (QED) is 0.814. The van der Waals surface area contributed by atoms with Crippen molar-refractivity contribution in [2.24, 2.45) is 0 Å². The number of aryl methyl sites for hydroxylation is 2. The second kappa shape index (κ2) is 5.41. The number of halogens is 1. The van der Waals surface area contributed by atoms with Crippen LogP contribution in [0.1, 0.15) is 27.9 Å². The standard InChI is InChI=1S/C17H17ClN2O/c1-11-4-7-16-12(9-11)3-2-8-20(16)17(21)14-6-5-13(19)10-15(14)18/h4-7,9-10H,2-3,8,19H2,1H3. The van der Waals surface area contributed by atoms with E-state index in [1.54, 1.807) is 18.2 Å². The third-order valence-corrected chi connectivity index (χ3v) is 4.14. The minimum absolute atomic E-state index is 0.0650. The van der Waals surface area contributed by atoms with Gasteiger partial charge >= 0.3 is 0 Å². The van der Waals surface area contributed by atoms with E-state index in [9.17, 15) is 4.79 Å². The maximum Gasteiger partial charge on any atom is 0.259 e. The monoisotopic (exact) mass is 300 g/mol. The number of nitrogen functional groups attached to an aromatic ring is 1. The van der Waals surface area contributed by atoms with Crippen LogP contribution in [0.5, 0.6) is 0 Å². The van der Waals surface area contributed by atoms with Crippen LogP contribution in [0.3, 0.4) is 0 Å². The molecule has 0 atom stereocenters. The van der Waals surface area contributed by atoms with Crippen molar-refractivity contribution >= 4 is 28.9 Å². The zero-order valence-electron chi connectivity index (χ0n) is 11.9. The molecule has 0 aromatic heterocycles. The van der Waals surface area contributed by atoms with Crippen molar-refractivity contribution in [2.45, 2.75) is 19.8 Å². The number of carbonyl (C=O) groups excluding carboxylic acids is 1. The molecule has 3 nitrogen and oxygen atoms in total. The molecule has 2 aromatic rings. The molecule has 0 aliphatic carbocycles. The van der Waals surface area contributed by atoms with Crippen molar-refractivity contribution in [1.82, 2.24) is 0 Å². The van der Waals surface area contributed by atoms with Crippen LogP contribution >= 0.6 is 11.6 Å². The fourth-order valence-corrected chi connectivity index (χ4v) is 3.06. The third-order valence-electron chi connectivity index (χ3n) is 3.82. The van der Waals surface area contributed by atoms with Gasteiger partial charge in [0, 0.05) is 17.9 Å². The van der Waals surface area contributed by atoms with Gasteiger partial charge in [-0.05, 0) is 49.6 Å². The molecule has 0 spiro atoms. The van der Waals surface area contributed by atoms with E-state index in [1.165, 1.54) is 11.1 Å². The van der Waals surface area contributed by atoms with Crippen LogP contribution < -0.4 is 10.6 Å². The molecule has 4 heteroatoms. The van der Waals surface area contributed by atoms with Gasteiger partial charge in [-0.2, -0.15) is 0 Å². The zero-order valence-corrected chi connectivity index (χ0v) is 12.7. The van der Waals surface area contributed by atoms with Crippen molar-refractivity contribution in [3.05, 3.63) is 58.1 Å². The summed E-state index contributed by atoms with van der Waals surface area (Å²) in [4.78, 5) is 14.6. The number of hydrogen-bond acceptors (Lipinski definition) is 2. The predicted molar refractivity (Wildman–Crippen MR) is 87.0 cm³/mol. The van der Waals surface area contributed by atoms with Crippen LogP contribution in [-0.2, 0) is 6.42 Å². The minimum Gasteiger partial charge on any atom is -0.399 e. The van der Waals surface area contributed by atoms with Crippen LogP contribution in [0.4, 0.5) is 11.4 Å². The largest absolute Gasteiger partial charge is 0.399 e. The van der Waals surface area contributed by atoms with E-state index in [0.717, 1.165) is 25.1 Å². The lowest BCUT2D eigenvalue weighted by molar-refractivity contribution is 0.0985. The van der Waals surface area contributed by atoms with E-state index >= 15 is 0 Å². The molecule has 1 aliphatic rings. The molecule has 3 rings (SSSR count). The highest BCUT2D eigenvalue weighted by Gasteiger charge is 2.24. The number of nitrogens with two attached hydrogens (primary N) is 1. The summed E-state index contributed by atoms with van der Waals surface area (Å²) in [6, 6.07) is 11.2. The number of anilines is 2. The van der Waals surface area contributed by atoms with Crippen LogP contribution in [0, 0.1) is 6.92 Å². The SMILES string of the molecule is Cc1ccc2c(c1)CCCN2C(=O)c1ccc(N)cc1Cl. The first-order valence-corrected chi connectivity index (χ1v) is 7.40. The fraction of sp³-hybridized carbons (Fsp3) is 0.235. The summed E-state index contributed by atoms with van der Waals surface area (Å²) < 4.78 is 0. The Hall–Kier alpha value is -2.00. The summed E-state index contributed by atoms with van der Waals surface area (Å²) in [6.07, 6.45) is 1.98. The smallest absolute Gasteiger partial charge is 0.259 e. The maximum atomic E-state index is 12.8. The van der Waals surface area contributed by atoms with E-state index in [1.807, 2.05) is 17.0 Å². The average Bonchev–Trinajstić information content (AvgIpc) is 2.45. The summed E-state index contributed by atoms with van der Waals surface area (Å²) in [5, 5.41) is 0.402. The van der Waals surface area contributed by atoms with E-state index in [4.69, 9.17) is 17.3 Å². The van der Waals surface area contributed by atoms with E-state index in [0.29, 0.717) is 16.3 Å². The van der Waals surface area contributed by atoms with Crippen LogP contribution in [-0.4, -0.2) is 12.5 Å². The number of amides is 1. The Morgan fingerprint density at radius 2 is 2.05 bits per heavy atom. The molecule has 2 N–H and O–H groups in total. The van der Waals surface area contributed by atoms with E-state index in [-0.39, 0.29) is 5.91 Å². The first-order valence-electron chi connectivity index (χ1n) is 7.02. The van der Waals surface area contributed by atoms with Crippen molar-refractivity contribution < 1.29 is 4.79 Å². The second-order valence-corrected chi connectivity index (χ2v) is 5.84. The Bertz CT molecular complexity index is 712. The molecular formula is C17H17ClN2O. The van der Waals surface area contributed by atoms with Crippen molar-refractivity contribution in [3.63, 3.8) is 0 Å².